The summed E-state index contributed by atoms with van der Waals surface area (Å²) in [5.74, 6) is 1.38. The van der Waals surface area contributed by atoms with Gasteiger partial charge in [-0.05, 0) is 88.6 Å². The highest BCUT2D eigenvalue weighted by molar-refractivity contribution is 5.76. The number of carbonyl (C=O) groups excluding carboxylic acids is 1. The van der Waals surface area contributed by atoms with Crippen molar-refractivity contribution in [1.29, 1.82) is 0 Å². The van der Waals surface area contributed by atoms with Crippen molar-refractivity contribution in [1.82, 2.24) is 10.2 Å². The van der Waals surface area contributed by atoms with Gasteiger partial charge in [0, 0.05) is 50.8 Å². The van der Waals surface area contributed by atoms with Gasteiger partial charge >= 0.3 is 0 Å². The SMILES string of the molecule is CNC[C@@H](CC(=O)N1CCC[C@@H]([C@@](O)(CCCCOC)c2ccccc2Oc2cc(F)ccc2C)C1)CC(C)C. The minimum Gasteiger partial charge on any atom is -0.457 e. The Kier molecular flexibility index (Phi) is 12.4. The van der Waals surface area contributed by atoms with Crippen molar-refractivity contribution >= 4 is 5.91 Å². The standard InChI is InChI=1S/C33H49FN2O4/c1-24(2)19-26(22-35-4)20-32(37)36-17-10-11-27(23-36)33(38,16-8-9-18-39-5)29-12-6-7-13-30(29)40-31-21-28(34)15-14-25(31)3/h6-7,12-15,21,24,26-27,35,38H,8-11,16-20,22-23H2,1-5H3/t26-,27-,33+/m1/s1. The highest BCUT2D eigenvalue weighted by Gasteiger charge is 2.43. The number of amides is 1. The molecule has 0 saturated carbocycles. The molecule has 0 bridgehead atoms. The molecule has 40 heavy (non-hydrogen) atoms. The first kappa shape index (κ1) is 32.0. The van der Waals surface area contributed by atoms with Gasteiger partial charge in [-0.25, -0.2) is 4.39 Å². The summed E-state index contributed by atoms with van der Waals surface area (Å²) in [7, 11) is 3.62. The maximum atomic E-state index is 14.1. The summed E-state index contributed by atoms with van der Waals surface area (Å²) in [6.07, 6.45) is 5.25. The molecule has 1 fully saturated rings. The molecule has 0 radical (unpaired) electrons. The Morgan fingerprint density at radius 2 is 1.98 bits per heavy atom. The van der Waals surface area contributed by atoms with E-state index in [9.17, 15) is 14.3 Å². The third-order valence-electron chi connectivity index (χ3n) is 8.09. The van der Waals surface area contributed by atoms with Crippen molar-refractivity contribution in [2.45, 2.75) is 71.3 Å². The maximum Gasteiger partial charge on any atom is 0.222 e. The molecule has 1 saturated heterocycles. The Hall–Kier alpha value is -2.48. The monoisotopic (exact) mass is 556 g/mol. The highest BCUT2D eigenvalue weighted by atomic mass is 19.1. The van der Waals surface area contributed by atoms with Crippen LogP contribution in [0, 0.1) is 30.5 Å². The second-order valence-corrected chi connectivity index (χ2v) is 11.8. The van der Waals surface area contributed by atoms with Crippen LogP contribution in [0.3, 0.4) is 0 Å². The topological polar surface area (TPSA) is 71.0 Å². The van der Waals surface area contributed by atoms with Gasteiger partial charge in [-0.2, -0.15) is 0 Å². The van der Waals surface area contributed by atoms with Gasteiger partial charge in [0.05, 0.1) is 5.60 Å². The fraction of sp³-hybridized carbons (Fsp3) is 0.606. The lowest BCUT2D eigenvalue weighted by molar-refractivity contribution is -0.138. The molecule has 3 atom stereocenters. The Morgan fingerprint density at radius 1 is 1.20 bits per heavy atom. The van der Waals surface area contributed by atoms with Gasteiger partial charge in [0.15, 0.2) is 0 Å². The van der Waals surface area contributed by atoms with Crippen molar-refractivity contribution in [2.24, 2.45) is 17.8 Å². The fourth-order valence-corrected chi connectivity index (χ4v) is 6.08. The number of hydrogen-bond donors (Lipinski definition) is 2. The summed E-state index contributed by atoms with van der Waals surface area (Å²) in [6, 6.07) is 12.0. The largest absolute Gasteiger partial charge is 0.457 e. The lowest BCUT2D eigenvalue weighted by Gasteiger charge is -2.43. The predicted octanol–water partition coefficient (Wildman–Crippen LogP) is 6.44. The molecule has 1 aliphatic rings. The number of unbranched alkanes of at least 4 members (excludes halogenated alkanes) is 1. The number of aryl methyl sites for hydroxylation is 1. The van der Waals surface area contributed by atoms with Crippen molar-refractivity contribution in [3.8, 4) is 11.5 Å². The number of carbonyl (C=O) groups is 1. The number of likely N-dealkylation sites (tertiary alicyclic amines) is 1. The molecule has 0 aromatic heterocycles. The summed E-state index contributed by atoms with van der Waals surface area (Å²) in [5, 5.41) is 15.8. The third-order valence-corrected chi connectivity index (χ3v) is 8.09. The molecule has 0 unspecified atom stereocenters. The van der Waals surface area contributed by atoms with E-state index in [4.69, 9.17) is 9.47 Å². The summed E-state index contributed by atoms with van der Waals surface area (Å²) >= 11 is 0. The molecular weight excluding hydrogens is 507 g/mol. The Morgan fingerprint density at radius 3 is 2.70 bits per heavy atom. The van der Waals surface area contributed by atoms with Crippen molar-refractivity contribution in [3.63, 3.8) is 0 Å². The van der Waals surface area contributed by atoms with Crippen LogP contribution in [0.5, 0.6) is 11.5 Å². The van der Waals surface area contributed by atoms with Crippen LogP contribution in [-0.4, -0.2) is 56.3 Å². The molecule has 6 nitrogen and oxygen atoms in total. The summed E-state index contributed by atoms with van der Waals surface area (Å²) in [5.41, 5.74) is 0.280. The van der Waals surface area contributed by atoms with E-state index >= 15 is 0 Å². The summed E-state index contributed by atoms with van der Waals surface area (Å²) in [6.45, 7) is 8.91. The Bertz CT molecular complexity index is 1080. The fourth-order valence-electron chi connectivity index (χ4n) is 6.08. The van der Waals surface area contributed by atoms with E-state index < -0.39 is 5.60 Å². The number of rotatable bonds is 15. The van der Waals surface area contributed by atoms with Crippen molar-refractivity contribution in [3.05, 3.63) is 59.4 Å². The maximum absolute atomic E-state index is 14.1. The Labute approximate surface area is 240 Å². The van der Waals surface area contributed by atoms with Crippen LogP contribution >= 0.6 is 0 Å². The van der Waals surface area contributed by atoms with Crippen LogP contribution in [-0.2, 0) is 15.1 Å². The number of piperidine rings is 1. The third kappa shape index (κ3) is 8.76. The molecule has 1 heterocycles. The van der Waals surface area contributed by atoms with Crippen LogP contribution in [0.2, 0.25) is 0 Å². The molecule has 7 heteroatoms. The smallest absolute Gasteiger partial charge is 0.222 e. The molecule has 0 aliphatic carbocycles. The second-order valence-electron chi connectivity index (χ2n) is 11.8. The molecule has 2 aromatic rings. The minimum absolute atomic E-state index is 0.154. The molecule has 222 valence electrons. The average molecular weight is 557 g/mol. The molecule has 1 amide bonds. The minimum atomic E-state index is -1.22. The zero-order valence-electron chi connectivity index (χ0n) is 25.0. The lowest BCUT2D eigenvalue weighted by Crippen LogP contribution is -2.48. The van der Waals surface area contributed by atoms with Gasteiger partial charge in [-0.3, -0.25) is 4.79 Å². The summed E-state index contributed by atoms with van der Waals surface area (Å²) < 4.78 is 25.6. The van der Waals surface area contributed by atoms with Crippen LogP contribution in [0.1, 0.15) is 69.9 Å². The number of methoxy groups -OCH3 is 1. The van der Waals surface area contributed by atoms with E-state index in [-0.39, 0.29) is 23.6 Å². The van der Waals surface area contributed by atoms with Crippen LogP contribution in [0.4, 0.5) is 4.39 Å². The number of nitrogens with one attached hydrogen (secondary N) is 1. The van der Waals surface area contributed by atoms with E-state index in [0.717, 1.165) is 44.2 Å². The van der Waals surface area contributed by atoms with Gasteiger partial charge in [-0.1, -0.05) is 38.1 Å². The second kappa shape index (κ2) is 15.5. The van der Waals surface area contributed by atoms with Crippen LogP contribution in [0.25, 0.3) is 0 Å². The zero-order valence-corrected chi connectivity index (χ0v) is 25.0. The number of para-hydroxylation sites is 1. The number of hydrogen-bond acceptors (Lipinski definition) is 5. The first-order chi connectivity index (χ1) is 19.2. The van der Waals surface area contributed by atoms with Gasteiger partial charge in [0.2, 0.25) is 5.91 Å². The van der Waals surface area contributed by atoms with E-state index in [1.165, 1.54) is 12.1 Å². The number of aliphatic hydroxyl groups is 1. The molecule has 0 spiro atoms. The molecule has 2 aromatic carbocycles. The molecule has 2 N–H and O–H groups in total. The normalized spacial score (nSPS) is 18.0. The Balaban J connectivity index is 1.89. The van der Waals surface area contributed by atoms with Crippen molar-refractivity contribution < 1.29 is 23.8 Å². The number of ether oxygens (including phenoxy) is 2. The lowest BCUT2D eigenvalue weighted by atomic mass is 9.73. The average Bonchev–Trinajstić information content (AvgIpc) is 2.93. The van der Waals surface area contributed by atoms with Gasteiger partial charge < -0.3 is 24.8 Å². The molecule has 1 aliphatic heterocycles. The number of benzene rings is 2. The first-order valence-electron chi connectivity index (χ1n) is 14.8. The first-order valence-corrected chi connectivity index (χ1v) is 14.8. The van der Waals surface area contributed by atoms with E-state index in [0.29, 0.717) is 55.5 Å². The molecular formula is C33H49FN2O4. The summed E-state index contributed by atoms with van der Waals surface area (Å²) in [4.78, 5) is 15.4. The van der Waals surface area contributed by atoms with Gasteiger partial charge in [-0.15, -0.1) is 0 Å². The zero-order chi connectivity index (χ0) is 29.1. The number of nitrogens with zero attached hydrogens (tertiary/aromatic N) is 1. The van der Waals surface area contributed by atoms with Gasteiger partial charge in [0.1, 0.15) is 17.3 Å². The molecule has 3 rings (SSSR count). The van der Waals surface area contributed by atoms with E-state index in [1.54, 1.807) is 13.2 Å². The number of halogens is 1. The van der Waals surface area contributed by atoms with E-state index in [1.807, 2.05) is 43.1 Å². The quantitative estimate of drug-likeness (QED) is 0.247. The van der Waals surface area contributed by atoms with Crippen molar-refractivity contribution in [2.75, 3.05) is 40.4 Å². The van der Waals surface area contributed by atoms with Crippen LogP contribution in [0.15, 0.2) is 42.5 Å². The predicted molar refractivity (Wildman–Crippen MR) is 158 cm³/mol. The van der Waals surface area contributed by atoms with Crippen LogP contribution < -0.4 is 10.1 Å². The highest BCUT2D eigenvalue weighted by Crippen LogP contribution is 2.44. The van der Waals surface area contributed by atoms with Gasteiger partial charge in [0.25, 0.3) is 0 Å². The van der Waals surface area contributed by atoms with E-state index in [2.05, 4.69) is 19.2 Å².